The molecule has 0 radical (unpaired) electrons. The zero-order chi connectivity index (χ0) is 10.6. The monoisotopic (exact) mass is 197 g/mol. The number of nitrogens with one attached hydrogen (secondary N) is 2. The Balaban J connectivity index is 2.61. The van der Waals surface area contributed by atoms with E-state index in [1.165, 1.54) is 13.0 Å². The Bertz CT molecular complexity index is 350. The number of pyridine rings is 1. The third-order valence-electron chi connectivity index (χ3n) is 1.34. The summed E-state index contributed by atoms with van der Waals surface area (Å²) in [5.74, 6) is -1.61. The van der Waals surface area contributed by atoms with Crippen LogP contribution in [0.4, 0.5) is 4.39 Å². The van der Waals surface area contributed by atoms with Crippen molar-refractivity contribution in [2.24, 2.45) is 0 Å². The Morgan fingerprint density at radius 1 is 1.36 bits per heavy atom. The summed E-state index contributed by atoms with van der Waals surface area (Å²) >= 11 is 0. The molecule has 0 atom stereocenters. The highest BCUT2D eigenvalue weighted by Gasteiger charge is 2.05. The lowest BCUT2D eigenvalue weighted by Crippen LogP contribution is -2.40. The molecule has 0 aromatic carbocycles. The average Bonchev–Trinajstić information content (AvgIpc) is 2.15. The molecule has 0 aliphatic rings. The Morgan fingerprint density at radius 3 is 2.57 bits per heavy atom. The molecule has 0 spiro atoms. The number of carbonyl (C=O) groups is 2. The maximum absolute atomic E-state index is 12.4. The fourth-order valence-electron chi connectivity index (χ4n) is 0.727. The second-order valence-electron chi connectivity index (χ2n) is 2.50. The summed E-state index contributed by atoms with van der Waals surface area (Å²) < 4.78 is 12.4. The van der Waals surface area contributed by atoms with Gasteiger partial charge in [0.1, 0.15) is 0 Å². The van der Waals surface area contributed by atoms with Gasteiger partial charge in [0.15, 0.2) is 0 Å². The van der Waals surface area contributed by atoms with Gasteiger partial charge in [0.05, 0.1) is 5.56 Å². The van der Waals surface area contributed by atoms with Crippen molar-refractivity contribution in [3.05, 3.63) is 29.8 Å². The molecule has 2 amide bonds. The van der Waals surface area contributed by atoms with Crippen LogP contribution in [0.1, 0.15) is 17.3 Å². The van der Waals surface area contributed by atoms with Crippen molar-refractivity contribution in [1.29, 1.82) is 0 Å². The number of aromatic nitrogens is 1. The highest BCUT2D eigenvalue weighted by atomic mass is 19.1. The fraction of sp³-hybridized carbons (Fsp3) is 0.125. The molecule has 0 saturated heterocycles. The number of hydrazine groups is 1. The van der Waals surface area contributed by atoms with Crippen molar-refractivity contribution in [1.82, 2.24) is 15.8 Å². The van der Waals surface area contributed by atoms with Gasteiger partial charge in [0.25, 0.3) is 5.91 Å². The molecule has 5 nitrogen and oxygen atoms in total. The summed E-state index contributed by atoms with van der Waals surface area (Å²) in [6, 6.07) is 2.32. The van der Waals surface area contributed by atoms with E-state index in [0.717, 1.165) is 12.3 Å². The minimum atomic E-state index is -0.666. The Hall–Kier alpha value is -1.98. The van der Waals surface area contributed by atoms with Crippen molar-refractivity contribution >= 4 is 11.8 Å². The van der Waals surface area contributed by atoms with Gasteiger partial charge >= 0.3 is 0 Å². The van der Waals surface area contributed by atoms with Crippen LogP contribution in [-0.2, 0) is 4.79 Å². The number of halogens is 1. The van der Waals surface area contributed by atoms with E-state index in [1.54, 1.807) is 0 Å². The van der Waals surface area contributed by atoms with Gasteiger partial charge in [-0.1, -0.05) is 0 Å². The van der Waals surface area contributed by atoms with Crippen LogP contribution in [0.15, 0.2) is 18.3 Å². The number of nitrogens with zero attached hydrogens (tertiary/aromatic N) is 1. The van der Waals surface area contributed by atoms with Gasteiger partial charge in [-0.2, -0.15) is 4.39 Å². The first-order valence-electron chi connectivity index (χ1n) is 3.78. The number of rotatable bonds is 1. The first-order valence-corrected chi connectivity index (χ1v) is 3.78. The van der Waals surface area contributed by atoms with Gasteiger partial charge < -0.3 is 0 Å². The molecular weight excluding hydrogens is 189 g/mol. The number of amides is 2. The lowest BCUT2D eigenvalue weighted by atomic mass is 10.3. The number of hydrogen-bond acceptors (Lipinski definition) is 3. The maximum Gasteiger partial charge on any atom is 0.271 e. The van der Waals surface area contributed by atoms with E-state index in [2.05, 4.69) is 15.8 Å². The molecule has 1 rings (SSSR count). The Kier molecular flexibility index (Phi) is 3.11. The first kappa shape index (κ1) is 10.1. The van der Waals surface area contributed by atoms with E-state index >= 15 is 0 Å². The Morgan fingerprint density at radius 2 is 2.07 bits per heavy atom. The summed E-state index contributed by atoms with van der Waals surface area (Å²) in [4.78, 5) is 24.9. The van der Waals surface area contributed by atoms with E-state index in [1.807, 2.05) is 0 Å². The van der Waals surface area contributed by atoms with Gasteiger partial charge in [-0.05, 0) is 12.1 Å². The lowest BCUT2D eigenvalue weighted by molar-refractivity contribution is -0.119. The summed E-state index contributed by atoms with van der Waals surface area (Å²) in [6.07, 6.45) is 1.08. The third-order valence-corrected chi connectivity index (χ3v) is 1.34. The van der Waals surface area contributed by atoms with Gasteiger partial charge in [0, 0.05) is 13.1 Å². The predicted octanol–water partition coefficient (Wildman–Crippen LogP) is 0.00160. The molecule has 0 unspecified atom stereocenters. The van der Waals surface area contributed by atoms with Crippen molar-refractivity contribution in [3.8, 4) is 0 Å². The largest absolute Gasteiger partial charge is 0.274 e. The standard InChI is InChI=1S/C8H8FN3O2/c1-5(13)11-12-8(14)6-2-3-7(9)10-4-6/h2-4H,1H3,(H,11,13)(H,12,14). The van der Waals surface area contributed by atoms with Crippen LogP contribution in [0.3, 0.4) is 0 Å². The van der Waals surface area contributed by atoms with Crippen LogP contribution in [-0.4, -0.2) is 16.8 Å². The molecule has 0 aliphatic heterocycles. The smallest absolute Gasteiger partial charge is 0.271 e. The SMILES string of the molecule is CC(=O)NNC(=O)c1ccc(F)nc1. The van der Waals surface area contributed by atoms with Crippen molar-refractivity contribution in [3.63, 3.8) is 0 Å². The third kappa shape index (κ3) is 2.81. The van der Waals surface area contributed by atoms with E-state index in [4.69, 9.17) is 0 Å². The summed E-state index contributed by atoms with van der Waals surface area (Å²) in [7, 11) is 0. The molecule has 0 aliphatic carbocycles. The molecule has 1 aromatic rings. The molecular formula is C8H8FN3O2. The zero-order valence-electron chi connectivity index (χ0n) is 7.37. The summed E-state index contributed by atoms with van der Waals surface area (Å²) in [6.45, 7) is 1.25. The molecule has 14 heavy (non-hydrogen) atoms. The van der Waals surface area contributed by atoms with Gasteiger partial charge in [-0.3, -0.25) is 20.4 Å². The quantitative estimate of drug-likeness (QED) is 0.491. The topological polar surface area (TPSA) is 71.1 Å². The summed E-state index contributed by atoms with van der Waals surface area (Å²) in [5, 5.41) is 0. The van der Waals surface area contributed by atoms with Crippen LogP contribution in [0, 0.1) is 5.95 Å². The minimum Gasteiger partial charge on any atom is -0.274 e. The first-order chi connectivity index (χ1) is 6.59. The predicted molar refractivity (Wildman–Crippen MR) is 45.5 cm³/mol. The highest BCUT2D eigenvalue weighted by Crippen LogP contribution is 1.97. The molecule has 2 N–H and O–H groups in total. The highest BCUT2D eigenvalue weighted by molar-refractivity contribution is 5.94. The second-order valence-corrected chi connectivity index (χ2v) is 2.50. The summed E-state index contributed by atoms with van der Waals surface area (Å²) in [5.41, 5.74) is 4.38. The van der Waals surface area contributed by atoms with Crippen molar-refractivity contribution in [2.45, 2.75) is 6.92 Å². The van der Waals surface area contributed by atoms with Crippen LogP contribution >= 0.6 is 0 Å². The van der Waals surface area contributed by atoms with Crippen LogP contribution < -0.4 is 10.9 Å². The molecule has 0 saturated carbocycles. The van der Waals surface area contributed by atoms with Gasteiger partial charge in [-0.15, -0.1) is 0 Å². The molecule has 74 valence electrons. The zero-order valence-corrected chi connectivity index (χ0v) is 7.37. The number of hydrogen-bond donors (Lipinski definition) is 2. The molecule has 1 aromatic heterocycles. The van der Waals surface area contributed by atoms with Gasteiger partial charge in [0.2, 0.25) is 11.9 Å². The van der Waals surface area contributed by atoms with E-state index < -0.39 is 17.8 Å². The van der Waals surface area contributed by atoms with Crippen LogP contribution in [0.25, 0.3) is 0 Å². The Labute approximate surface area is 79.3 Å². The molecule has 1 heterocycles. The minimum absolute atomic E-state index is 0.167. The normalized spacial score (nSPS) is 9.29. The fourth-order valence-corrected chi connectivity index (χ4v) is 0.727. The lowest BCUT2D eigenvalue weighted by Gasteiger charge is -2.03. The van der Waals surface area contributed by atoms with Crippen LogP contribution in [0.5, 0.6) is 0 Å². The number of carbonyl (C=O) groups excluding carboxylic acids is 2. The van der Waals surface area contributed by atoms with E-state index in [-0.39, 0.29) is 5.56 Å². The van der Waals surface area contributed by atoms with Crippen molar-refractivity contribution in [2.75, 3.05) is 0 Å². The molecule has 6 heteroatoms. The van der Waals surface area contributed by atoms with Gasteiger partial charge in [-0.25, -0.2) is 4.98 Å². The second kappa shape index (κ2) is 4.31. The maximum atomic E-state index is 12.4. The molecule has 0 bridgehead atoms. The van der Waals surface area contributed by atoms with E-state index in [9.17, 15) is 14.0 Å². The van der Waals surface area contributed by atoms with Crippen molar-refractivity contribution < 1.29 is 14.0 Å². The van der Waals surface area contributed by atoms with E-state index in [0.29, 0.717) is 0 Å². The van der Waals surface area contributed by atoms with Crippen LogP contribution in [0.2, 0.25) is 0 Å². The average molecular weight is 197 g/mol. The molecule has 0 fully saturated rings.